The Labute approximate surface area is 95.7 Å². The topological polar surface area (TPSA) is 24.1 Å². The van der Waals surface area contributed by atoms with Crippen LogP contribution in [-0.2, 0) is 0 Å². The van der Waals surface area contributed by atoms with E-state index in [0.717, 1.165) is 30.8 Å². The highest BCUT2D eigenvalue weighted by Crippen LogP contribution is 2.20. The Morgan fingerprint density at radius 2 is 2.13 bits per heavy atom. The van der Waals surface area contributed by atoms with Gasteiger partial charge in [-0.1, -0.05) is 12.1 Å². The summed E-state index contributed by atoms with van der Waals surface area (Å²) in [6.45, 7) is 4.65. The molecule has 4 heteroatoms. The predicted octanol–water partition coefficient (Wildman–Crippen LogP) is 1.79. The monoisotopic (exact) mass is 230 g/mol. The van der Waals surface area contributed by atoms with E-state index in [2.05, 4.69) is 10.6 Å². The van der Waals surface area contributed by atoms with E-state index in [0.29, 0.717) is 0 Å². The summed E-state index contributed by atoms with van der Waals surface area (Å²) >= 11 is 0. The Bertz CT molecular complexity index is 324. The van der Waals surface area contributed by atoms with E-state index < -0.39 is 0 Å². The first kappa shape index (κ1) is 12.4. The molecule has 0 unspecified atom stereocenters. The molecule has 84 valence electrons. The van der Waals surface area contributed by atoms with Crippen LogP contribution in [0.5, 0.6) is 0 Å². The second-order valence-corrected chi connectivity index (χ2v) is 3.66. The highest BCUT2D eigenvalue weighted by Gasteiger charge is 2.16. The molecule has 1 aromatic rings. The van der Waals surface area contributed by atoms with Gasteiger partial charge in [-0.05, 0) is 24.1 Å². The standard InChI is InChI=1S/C11H15FN2.ClH/c1-8-9(3-2-4-10(8)12)11-7-13-5-6-14-11;/h2-4,11,13-14H,5-7H2,1H3;1H/t11-;/m0./s1. The average molecular weight is 231 g/mol. The molecule has 0 radical (unpaired) electrons. The fraction of sp³-hybridized carbons (Fsp3) is 0.455. The second-order valence-electron chi connectivity index (χ2n) is 3.66. The molecule has 0 saturated carbocycles. The van der Waals surface area contributed by atoms with Gasteiger partial charge in [-0.15, -0.1) is 12.4 Å². The molecule has 0 aliphatic carbocycles. The zero-order valence-corrected chi connectivity index (χ0v) is 9.53. The second kappa shape index (κ2) is 5.45. The van der Waals surface area contributed by atoms with Crippen molar-refractivity contribution in [1.82, 2.24) is 10.6 Å². The van der Waals surface area contributed by atoms with Crippen molar-refractivity contribution in [2.45, 2.75) is 13.0 Å². The molecule has 1 fully saturated rings. The lowest BCUT2D eigenvalue weighted by Crippen LogP contribution is -2.42. The molecule has 2 nitrogen and oxygen atoms in total. The highest BCUT2D eigenvalue weighted by molar-refractivity contribution is 5.85. The van der Waals surface area contributed by atoms with Gasteiger partial charge in [0.15, 0.2) is 0 Å². The van der Waals surface area contributed by atoms with Crippen molar-refractivity contribution in [3.63, 3.8) is 0 Å². The molecule has 1 aromatic carbocycles. The molecule has 1 saturated heterocycles. The number of halogens is 2. The normalized spacial score (nSPS) is 20.8. The quantitative estimate of drug-likeness (QED) is 0.769. The number of piperazine rings is 1. The summed E-state index contributed by atoms with van der Waals surface area (Å²) in [6.07, 6.45) is 0. The summed E-state index contributed by atoms with van der Waals surface area (Å²) in [5, 5.41) is 6.67. The molecular formula is C11H16ClFN2. The third kappa shape index (κ3) is 2.68. The van der Waals surface area contributed by atoms with Crippen molar-refractivity contribution < 1.29 is 4.39 Å². The number of benzene rings is 1. The maximum absolute atomic E-state index is 13.3. The summed E-state index contributed by atoms with van der Waals surface area (Å²) < 4.78 is 13.3. The molecule has 1 aliphatic heterocycles. The Hall–Kier alpha value is -0.640. The molecule has 1 heterocycles. The number of rotatable bonds is 1. The molecule has 2 N–H and O–H groups in total. The van der Waals surface area contributed by atoms with E-state index in [1.54, 1.807) is 6.07 Å². The van der Waals surface area contributed by atoms with Crippen molar-refractivity contribution in [3.05, 3.63) is 35.1 Å². The van der Waals surface area contributed by atoms with Gasteiger partial charge in [0.2, 0.25) is 0 Å². The maximum atomic E-state index is 13.3. The van der Waals surface area contributed by atoms with Gasteiger partial charge in [0.1, 0.15) is 5.82 Å². The van der Waals surface area contributed by atoms with Crippen LogP contribution >= 0.6 is 12.4 Å². The summed E-state index contributed by atoms with van der Waals surface area (Å²) in [5.41, 5.74) is 1.82. The van der Waals surface area contributed by atoms with Crippen molar-refractivity contribution >= 4 is 12.4 Å². The zero-order chi connectivity index (χ0) is 9.97. The maximum Gasteiger partial charge on any atom is 0.126 e. The van der Waals surface area contributed by atoms with Gasteiger partial charge in [-0.3, -0.25) is 0 Å². The molecule has 0 aromatic heterocycles. The molecule has 0 amide bonds. The first-order chi connectivity index (χ1) is 6.79. The lowest BCUT2D eigenvalue weighted by molar-refractivity contribution is 0.427. The minimum absolute atomic E-state index is 0. The average Bonchev–Trinajstić information content (AvgIpc) is 2.23. The SMILES string of the molecule is Cc1c(F)cccc1[C@@H]1CNCCN1.Cl. The van der Waals surface area contributed by atoms with Gasteiger partial charge in [-0.25, -0.2) is 4.39 Å². The number of hydrogen-bond donors (Lipinski definition) is 2. The molecular weight excluding hydrogens is 215 g/mol. The van der Waals surface area contributed by atoms with Crippen LogP contribution in [0.15, 0.2) is 18.2 Å². The Kier molecular flexibility index (Phi) is 4.51. The van der Waals surface area contributed by atoms with Gasteiger partial charge in [0.25, 0.3) is 0 Å². The van der Waals surface area contributed by atoms with E-state index in [1.807, 2.05) is 13.0 Å². The van der Waals surface area contributed by atoms with Crippen LogP contribution in [0, 0.1) is 12.7 Å². The van der Waals surface area contributed by atoms with E-state index in [1.165, 1.54) is 6.07 Å². The first-order valence-corrected chi connectivity index (χ1v) is 4.98. The van der Waals surface area contributed by atoms with Gasteiger partial charge >= 0.3 is 0 Å². The molecule has 1 atom stereocenters. The molecule has 0 spiro atoms. The zero-order valence-electron chi connectivity index (χ0n) is 8.72. The summed E-state index contributed by atoms with van der Waals surface area (Å²) in [7, 11) is 0. The summed E-state index contributed by atoms with van der Waals surface area (Å²) in [4.78, 5) is 0. The number of hydrogen-bond acceptors (Lipinski definition) is 2. The van der Waals surface area contributed by atoms with Crippen LogP contribution in [0.1, 0.15) is 17.2 Å². The van der Waals surface area contributed by atoms with Gasteiger partial charge < -0.3 is 10.6 Å². The van der Waals surface area contributed by atoms with E-state index >= 15 is 0 Å². The van der Waals surface area contributed by atoms with Crippen LogP contribution in [0.4, 0.5) is 4.39 Å². The first-order valence-electron chi connectivity index (χ1n) is 4.98. The third-order valence-electron chi connectivity index (χ3n) is 2.73. The van der Waals surface area contributed by atoms with E-state index in [-0.39, 0.29) is 24.3 Å². The lowest BCUT2D eigenvalue weighted by atomic mass is 10.00. The number of nitrogens with one attached hydrogen (secondary N) is 2. The molecule has 0 bridgehead atoms. The van der Waals surface area contributed by atoms with Crippen LogP contribution < -0.4 is 10.6 Å². The van der Waals surface area contributed by atoms with Crippen molar-refractivity contribution in [1.29, 1.82) is 0 Å². The van der Waals surface area contributed by atoms with Crippen LogP contribution in [-0.4, -0.2) is 19.6 Å². The summed E-state index contributed by atoms with van der Waals surface area (Å²) in [5.74, 6) is -0.116. The Morgan fingerprint density at radius 1 is 1.33 bits per heavy atom. The molecule has 15 heavy (non-hydrogen) atoms. The predicted molar refractivity (Wildman–Crippen MR) is 62.0 cm³/mol. The molecule has 1 aliphatic rings. The summed E-state index contributed by atoms with van der Waals surface area (Å²) in [6, 6.07) is 5.52. The molecule has 2 rings (SSSR count). The fourth-order valence-electron chi connectivity index (χ4n) is 1.87. The minimum atomic E-state index is -0.116. The van der Waals surface area contributed by atoms with Gasteiger partial charge in [0.05, 0.1) is 0 Å². The fourth-order valence-corrected chi connectivity index (χ4v) is 1.87. The van der Waals surface area contributed by atoms with E-state index in [4.69, 9.17) is 0 Å². The van der Waals surface area contributed by atoms with Crippen molar-refractivity contribution in [2.24, 2.45) is 0 Å². The Morgan fingerprint density at radius 3 is 2.80 bits per heavy atom. The van der Waals surface area contributed by atoms with E-state index in [9.17, 15) is 4.39 Å². The van der Waals surface area contributed by atoms with Crippen LogP contribution in [0.2, 0.25) is 0 Å². The minimum Gasteiger partial charge on any atom is -0.314 e. The van der Waals surface area contributed by atoms with Crippen molar-refractivity contribution in [3.8, 4) is 0 Å². The van der Waals surface area contributed by atoms with Crippen molar-refractivity contribution in [2.75, 3.05) is 19.6 Å². The van der Waals surface area contributed by atoms with Crippen LogP contribution in [0.25, 0.3) is 0 Å². The largest absolute Gasteiger partial charge is 0.314 e. The highest BCUT2D eigenvalue weighted by atomic mass is 35.5. The lowest BCUT2D eigenvalue weighted by Gasteiger charge is -2.26. The third-order valence-corrected chi connectivity index (χ3v) is 2.73. The Balaban J connectivity index is 0.00000112. The van der Waals surface area contributed by atoms with Gasteiger partial charge in [-0.2, -0.15) is 0 Å². The van der Waals surface area contributed by atoms with Crippen LogP contribution in [0.3, 0.4) is 0 Å². The van der Waals surface area contributed by atoms with Gasteiger partial charge in [0, 0.05) is 25.7 Å². The smallest absolute Gasteiger partial charge is 0.126 e.